The molecule has 0 spiro atoms. The van der Waals surface area contributed by atoms with Crippen LogP contribution in [-0.2, 0) is 0 Å². The lowest BCUT2D eigenvalue weighted by molar-refractivity contribution is 0.213. The van der Waals surface area contributed by atoms with E-state index in [1.165, 1.54) is 6.07 Å². The van der Waals surface area contributed by atoms with Crippen molar-refractivity contribution < 1.29 is 9.50 Å². The maximum Gasteiger partial charge on any atom is 0.129 e. The molecule has 0 aliphatic heterocycles. The number of hydrogen-bond donors (Lipinski definition) is 1. The van der Waals surface area contributed by atoms with Crippen molar-refractivity contribution >= 4 is 0 Å². The average Bonchev–Trinajstić information content (AvgIpc) is 2.26. The Morgan fingerprint density at radius 3 is 2.11 bits per heavy atom. The normalized spacial score (nSPS) is 12.5. The van der Waals surface area contributed by atoms with Crippen LogP contribution in [0.3, 0.4) is 0 Å². The lowest BCUT2D eigenvalue weighted by Gasteiger charge is -2.18. The van der Waals surface area contributed by atoms with Crippen LogP contribution in [0.15, 0.2) is 30.3 Å². The summed E-state index contributed by atoms with van der Waals surface area (Å²) in [5, 5.41) is 10.5. The van der Waals surface area contributed by atoms with Crippen LogP contribution >= 0.6 is 0 Å². The molecule has 0 bridgehead atoms. The van der Waals surface area contributed by atoms with Crippen LogP contribution in [0, 0.1) is 33.5 Å². The molecule has 0 heterocycles. The van der Waals surface area contributed by atoms with Crippen molar-refractivity contribution in [3.63, 3.8) is 0 Å². The number of aliphatic hydroxyl groups excluding tert-OH is 1. The van der Waals surface area contributed by atoms with Crippen molar-refractivity contribution in [2.75, 3.05) is 0 Å². The summed E-state index contributed by atoms with van der Waals surface area (Å²) in [6.07, 6.45) is -0.916. The zero-order valence-electron chi connectivity index (χ0n) is 11.8. The van der Waals surface area contributed by atoms with E-state index >= 15 is 0 Å². The molecule has 0 saturated carbocycles. The zero-order chi connectivity index (χ0) is 14.2. The summed E-state index contributed by atoms with van der Waals surface area (Å²) < 4.78 is 14.1. The summed E-state index contributed by atoms with van der Waals surface area (Å²) >= 11 is 0. The van der Waals surface area contributed by atoms with Crippen molar-refractivity contribution in [2.24, 2.45) is 0 Å². The summed E-state index contributed by atoms with van der Waals surface area (Å²) in [5.41, 5.74) is 4.90. The fourth-order valence-corrected chi connectivity index (χ4v) is 2.56. The van der Waals surface area contributed by atoms with E-state index in [1.54, 1.807) is 0 Å². The van der Waals surface area contributed by atoms with Gasteiger partial charge in [-0.3, -0.25) is 0 Å². The average molecular weight is 258 g/mol. The third kappa shape index (κ3) is 2.69. The van der Waals surface area contributed by atoms with Gasteiger partial charge in [-0.25, -0.2) is 4.39 Å². The van der Waals surface area contributed by atoms with E-state index in [0.717, 1.165) is 27.8 Å². The highest BCUT2D eigenvalue weighted by Crippen LogP contribution is 2.30. The van der Waals surface area contributed by atoms with Crippen molar-refractivity contribution in [2.45, 2.75) is 33.8 Å². The number of benzene rings is 2. The first-order valence-electron chi connectivity index (χ1n) is 6.42. The van der Waals surface area contributed by atoms with E-state index in [1.807, 2.05) is 52.0 Å². The molecule has 1 N–H and O–H groups in total. The van der Waals surface area contributed by atoms with Gasteiger partial charge in [-0.05, 0) is 56.0 Å². The summed E-state index contributed by atoms with van der Waals surface area (Å²) in [7, 11) is 0. The highest BCUT2D eigenvalue weighted by molar-refractivity contribution is 5.42. The molecule has 1 unspecified atom stereocenters. The molecule has 0 amide bonds. The highest BCUT2D eigenvalue weighted by Gasteiger charge is 2.19. The minimum Gasteiger partial charge on any atom is -0.384 e. The molecule has 0 fully saturated rings. The molecule has 0 aromatic heterocycles. The van der Waals surface area contributed by atoms with Gasteiger partial charge in [0.05, 0.1) is 0 Å². The van der Waals surface area contributed by atoms with Gasteiger partial charge in [-0.15, -0.1) is 0 Å². The molecule has 1 atom stereocenters. The first-order valence-corrected chi connectivity index (χ1v) is 6.42. The number of aliphatic hydroxyl groups is 1. The fraction of sp³-hybridized carbons (Fsp3) is 0.294. The van der Waals surface area contributed by atoms with Crippen molar-refractivity contribution in [3.8, 4) is 0 Å². The molecule has 0 saturated heterocycles. The Kier molecular flexibility index (Phi) is 3.72. The largest absolute Gasteiger partial charge is 0.384 e. The van der Waals surface area contributed by atoms with Crippen LogP contribution in [0.2, 0.25) is 0 Å². The quantitative estimate of drug-likeness (QED) is 0.858. The molecule has 2 aromatic carbocycles. The van der Waals surface area contributed by atoms with E-state index in [9.17, 15) is 9.50 Å². The Morgan fingerprint density at radius 1 is 0.895 bits per heavy atom. The van der Waals surface area contributed by atoms with E-state index in [-0.39, 0.29) is 5.82 Å². The predicted molar refractivity (Wildman–Crippen MR) is 75.9 cm³/mol. The van der Waals surface area contributed by atoms with Crippen molar-refractivity contribution in [1.29, 1.82) is 0 Å². The number of hydrogen-bond acceptors (Lipinski definition) is 1. The van der Waals surface area contributed by atoms with Gasteiger partial charge in [0, 0.05) is 5.56 Å². The monoisotopic (exact) mass is 258 g/mol. The maximum absolute atomic E-state index is 14.1. The Morgan fingerprint density at radius 2 is 1.53 bits per heavy atom. The molecule has 0 aliphatic carbocycles. The summed E-state index contributed by atoms with van der Waals surface area (Å²) in [5.74, 6) is -0.343. The van der Waals surface area contributed by atoms with Gasteiger partial charge in [0.2, 0.25) is 0 Å². The van der Waals surface area contributed by atoms with Crippen LogP contribution < -0.4 is 0 Å². The second kappa shape index (κ2) is 5.14. The minimum atomic E-state index is -0.916. The number of aryl methyl sites for hydroxylation is 4. The molecular weight excluding hydrogens is 239 g/mol. The molecule has 2 heteroatoms. The van der Waals surface area contributed by atoms with Crippen LogP contribution in [0.1, 0.15) is 39.5 Å². The van der Waals surface area contributed by atoms with Crippen LogP contribution in [-0.4, -0.2) is 5.11 Å². The third-order valence-electron chi connectivity index (χ3n) is 3.47. The molecular formula is C17H19FO. The summed E-state index contributed by atoms with van der Waals surface area (Å²) in [4.78, 5) is 0. The maximum atomic E-state index is 14.1. The Bertz CT molecular complexity index is 594. The molecule has 0 radical (unpaired) electrons. The first-order chi connectivity index (χ1) is 8.90. The van der Waals surface area contributed by atoms with Gasteiger partial charge >= 0.3 is 0 Å². The SMILES string of the molecule is Cc1ccc(C(O)c2c(C)cc(C)cc2F)c(C)c1. The standard InChI is InChI=1S/C17H19FO/c1-10-5-6-14(12(3)7-10)17(19)16-13(4)8-11(2)9-15(16)18/h5-9,17,19H,1-4H3. The lowest BCUT2D eigenvalue weighted by atomic mass is 9.92. The van der Waals surface area contributed by atoms with Gasteiger partial charge in [0.15, 0.2) is 0 Å². The van der Waals surface area contributed by atoms with Crippen molar-refractivity contribution in [3.05, 3.63) is 69.5 Å². The molecule has 19 heavy (non-hydrogen) atoms. The van der Waals surface area contributed by atoms with Gasteiger partial charge in [-0.2, -0.15) is 0 Å². The van der Waals surface area contributed by atoms with Crippen molar-refractivity contribution in [1.82, 2.24) is 0 Å². The Hall–Kier alpha value is -1.67. The van der Waals surface area contributed by atoms with Gasteiger partial charge in [0.1, 0.15) is 11.9 Å². The molecule has 1 nitrogen and oxygen atoms in total. The second-order valence-electron chi connectivity index (χ2n) is 5.24. The third-order valence-corrected chi connectivity index (χ3v) is 3.47. The van der Waals surface area contributed by atoms with Gasteiger partial charge < -0.3 is 5.11 Å². The van der Waals surface area contributed by atoms with Crippen LogP contribution in [0.25, 0.3) is 0 Å². The Balaban J connectivity index is 2.53. The number of halogens is 1. The van der Waals surface area contributed by atoms with E-state index in [0.29, 0.717) is 5.56 Å². The van der Waals surface area contributed by atoms with Gasteiger partial charge in [0.25, 0.3) is 0 Å². The topological polar surface area (TPSA) is 20.2 Å². The predicted octanol–water partition coefficient (Wildman–Crippen LogP) is 4.14. The molecule has 100 valence electrons. The summed E-state index contributed by atoms with van der Waals surface area (Å²) in [6, 6.07) is 9.17. The molecule has 0 aliphatic rings. The lowest BCUT2D eigenvalue weighted by Crippen LogP contribution is -2.07. The minimum absolute atomic E-state index is 0.343. The Labute approximate surface area is 113 Å². The highest BCUT2D eigenvalue weighted by atomic mass is 19.1. The van der Waals surface area contributed by atoms with Gasteiger partial charge in [-0.1, -0.05) is 29.8 Å². The second-order valence-corrected chi connectivity index (χ2v) is 5.24. The smallest absolute Gasteiger partial charge is 0.129 e. The summed E-state index contributed by atoms with van der Waals surface area (Å²) in [6.45, 7) is 7.62. The first kappa shape index (κ1) is 13.8. The fourth-order valence-electron chi connectivity index (χ4n) is 2.56. The van der Waals surface area contributed by atoms with E-state index in [4.69, 9.17) is 0 Å². The molecule has 2 aromatic rings. The van der Waals surface area contributed by atoms with E-state index < -0.39 is 6.10 Å². The van der Waals surface area contributed by atoms with Crippen LogP contribution in [0.4, 0.5) is 4.39 Å². The van der Waals surface area contributed by atoms with Crippen LogP contribution in [0.5, 0.6) is 0 Å². The van der Waals surface area contributed by atoms with E-state index in [2.05, 4.69) is 0 Å². The zero-order valence-corrected chi connectivity index (χ0v) is 11.8. The molecule has 2 rings (SSSR count). The number of rotatable bonds is 2.